The Morgan fingerprint density at radius 3 is 2.61 bits per heavy atom. The van der Waals surface area contributed by atoms with Crippen LogP contribution < -0.4 is 5.32 Å². The molecule has 33 heavy (non-hydrogen) atoms. The molecule has 0 radical (unpaired) electrons. The summed E-state index contributed by atoms with van der Waals surface area (Å²) in [6.45, 7) is 1.97. The van der Waals surface area contributed by atoms with Crippen molar-refractivity contribution in [1.29, 1.82) is 0 Å². The number of fused-ring (bicyclic) bond motifs is 2. The summed E-state index contributed by atoms with van der Waals surface area (Å²) >= 11 is 0. The van der Waals surface area contributed by atoms with Crippen LogP contribution in [0, 0.1) is 6.92 Å². The normalized spacial score (nSPS) is 21.9. The zero-order valence-corrected chi connectivity index (χ0v) is 18.0. The van der Waals surface area contributed by atoms with Gasteiger partial charge in [0.1, 0.15) is 5.82 Å². The lowest BCUT2D eigenvalue weighted by Crippen LogP contribution is -2.40. The van der Waals surface area contributed by atoms with Gasteiger partial charge < -0.3 is 10.2 Å². The molecule has 0 aliphatic carbocycles. The predicted octanol–water partition coefficient (Wildman–Crippen LogP) is 5.33. The third kappa shape index (κ3) is 3.94. The van der Waals surface area contributed by atoms with Crippen LogP contribution in [0.5, 0.6) is 0 Å². The minimum atomic E-state index is -4.42. The number of aromatic nitrogens is 2. The fraction of sp³-hybridized carbons (Fsp3) is 0.320. The van der Waals surface area contributed by atoms with Crippen molar-refractivity contribution in [2.45, 2.75) is 50.5 Å². The fourth-order valence-corrected chi connectivity index (χ4v) is 5.13. The smallest absolute Gasteiger partial charge is 0.365 e. The number of carbonyl (C=O) groups excluding carboxylic acids is 1. The van der Waals surface area contributed by atoms with Crippen LogP contribution in [0.4, 0.5) is 19.0 Å². The van der Waals surface area contributed by atoms with Gasteiger partial charge in [-0.1, -0.05) is 18.2 Å². The van der Waals surface area contributed by atoms with Gasteiger partial charge >= 0.3 is 6.18 Å². The molecule has 2 aromatic heterocycles. The summed E-state index contributed by atoms with van der Waals surface area (Å²) in [6.07, 6.45) is 0.639. The number of pyridine rings is 2. The lowest BCUT2D eigenvalue weighted by molar-refractivity contribution is -0.137. The maximum Gasteiger partial charge on any atom is 0.417 e. The van der Waals surface area contributed by atoms with Gasteiger partial charge in [-0.2, -0.15) is 13.2 Å². The second-order valence-corrected chi connectivity index (χ2v) is 8.64. The van der Waals surface area contributed by atoms with E-state index in [0.717, 1.165) is 48.3 Å². The summed E-state index contributed by atoms with van der Waals surface area (Å²) in [5.74, 6) is 0.356. The zero-order valence-electron chi connectivity index (χ0n) is 18.0. The first-order valence-electron chi connectivity index (χ1n) is 11.0. The van der Waals surface area contributed by atoms with E-state index < -0.39 is 11.7 Å². The summed E-state index contributed by atoms with van der Waals surface area (Å²) in [4.78, 5) is 24.1. The second-order valence-electron chi connectivity index (χ2n) is 8.64. The molecule has 2 saturated heterocycles. The SMILES string of the molecule is Cc1cccc(C(=O)N2C3CCC2C(Nc2ccc(C(F)(F)F)cn2)C3)c1-c1ccccn1. The number of benzene rings is 1. The van der Waals surface area contributed by atoms with Crippen molar-refractivity contribution in [2.24, 2.45) is 0 Å². The molecule has 2 fully saturated rings. The molecular formula is C25H23F3N4O. The molecule has 4 heterocycles. The molecule has 3 aromatic rings. The molecule has 1 amide bonds. The highest BCUT2D eigenvalue weighted by Crippen LogP contribution is 2.41. The molecule has 8 heteroatoms. The standard InChI is InChI=1S/C25H23F3N4O/c1-15-5-4-6-18(23(15)19-7-2-3-12-29-19)24(33)32-17-9-10-21(32)20(13-17)31-22-11-8-16(14-30-22)25(26,27)28/h2-8,11-12,14,17,20-21H,9-10,13H2,1H3,(H,30,31). The zero-order chi connectivity index (χ0) is 23.2. The average molecular weight is 452 g/mol. The summed E-state index contributed by atoms with van der Waals surface area (Å²) < 4.78 is 38.5. The van der Waals surface area contributed by atoms with E-state index >= 15 is 0 Å². The van der Waals surface area contributed by atoms with Crippen molar-refractivity contribution in [3.63, 3.8) is 0 Å². The Labute approximate surface area is 189 Å². The number of rotatable bonds is 4. The first kappa shape index (κ1) is 21.4. The Balaban J connectivity index is 1.39. The van der Waals surface area contributed by atoms with E-state index in [1.54, 1.807) is 6.20 Å². The topological polar surface area (TPSA) is 58.1 Å². The monoisotopic (exact) mass is 452 g/mol. The Kier molecular flexibility index (Phi) is 5.31. The molecular weight excluding hydrogens is 429 g/mol. The van der Waals surface area contributed by atoms with E-state index in [0.29, 0.717) is 11.4 Å². The molecule has 2 bridgehead atoms. The number of nitrogens with zero attached hydrogens (tertiary/aromatic N) is 3. The van der Waals surface area contributed by atoms with Crippen LogP contribution in [0.25, 0.3) is 11.3 Å². The minimum absolute atomic E-state index is 0.0310. The Bertz CT molecular complexity index is 1160. The first-order chi connectivity index (χ1) is 15.8. The highest BCUT2D eigenvalue weighted by molar-refractivity contribution is 6.02. The summed E-state index contributed by atoms with van der Waals surface area (Å²) in [5.41, 5.74) is 2.42. The molecule has 170 valence electrons. The lowest BCUT2D eigenvalue weighted by atomic mass is 9.95. The van der Waals surface area contributed by atoms with Crippen molar-refractivity contribution in [2.75, 3.05) is 5.32 Å². The van der Waals surface area contributed by atoms with Crippen LogP contribution in [0.3, 0.4) is 0 Å². The van der Waals surface area contributed by atoms with Crippen LogP contribution in [-0.2, 0) is 6.18 Å². The number of hydrogen-bond acceptors (Lipinski definition) is 4. The van der Waals surface area contributed by atoms with Crippen molar-refractivity contribution >= 4 is 11.7 Å². The van der Waals surface area contributed by atoms with Gasteiger partial charge in [0.25, 0.3) is 5.91 Å². The second kappa shape index (κ2) is 8.17. The number of amides is 1. The van der Waals surface area contributed by atoms with Crippen molar-refractivity contribution < 1.29 is 18.0 Å². The average Bonchev–Trinajstić information content (AvgIpc) is 3.36. The lowest BCUT2D eigenvalue weighted by Gasteiger charge is -2.26. The summed E-state index contributed by atoms with van der Waals surface area (Å²) in [6, 6.07) is 13.7. The molecule has 2 aliphatic heterocycles. The third-order valence-electron chi connectivity index (χ3n) is 6.62. The van der Waals surface area contributed by atoms with Crippen LogP contribution in [0.15, 0.2) is 60.9 Å². The fourth-order valence-electron chi connectivity index (χ4n) is 5.13. The van der Waals surface area contributed by atoms with Gasteiger partial charge in [-0.3, -0.25) is 9.78 Å². The molecule has 1 aromatic carbocycles. The van der Waals surface area contributed by atoms with E-state index in [2.05, 4.69) is 15.3 Å². The maximum absolute atomic E-state index is 13.7. The third-order valence-corrected chi connectivity index (χ3v) is 6.62. The molecule has 1 N–H and O–H groups in total. The molecule has 0 spiro atoms. The maximum atomic E-state index is 13.7. The number of anilines is 1. The van der Waals surface area contributed by atoms with Crippen molar-refractivity contribution in [3.8, 4) is 11.3 Å². The van der Waals surface area contributed by atoms with E-state index in [-0.39, 0.29) is 24.0 Å². The molecule has 0 saturated carbocycles. The number of carbonyl (C=O) groups is 1. The Hall–Kier alpha value is -3.42. The van der Waals surface area contributed by atoms with E-state index in [4.69, 9.17) is 0 Å². The number of alkyl halides is 3. The van der Waals surface area contributed by atoms with Gasteiger partial charge in [0.2, 0.25) is 0 Å². The first-order valence-corrected chi connectivity index (χ1v) is 11.0. The molecule has 5 rings (SSSR count). The molecule has 2 aliphatic rings. The van der Waals surface area contributed by atoms with Crippen LogP contribution in [0.1, 0.15) is 40.7 Å². The van der Waals surface area contributed by atoms with Gasteiger partial charge in [-0.15, -0.1) is 0 Å². The van der Waals surface area contributed by atoms with Gasteiger partial charge in [-0.25, -0.2) is 4.98 Å². The predicted molar refractivity (Wildman–Crippen MR) is 119 cm³/mol. The van der Waals surface area contributed by atoms with Gasteiger partial charge in [-0.05, 0) is 62.1 Å². The quantitative estimate of drug-likeness (QED) is 0.582. The largest absolute Gasteiger partial charge is 0.417 e. The van der Waals surface area contributed by atoms with E-state index in [9.17, 15) is 18.0 Å². The number of hydrogen-bond donors (Lipinski definition) is 1. The van der Waals surface area contributed by atoms with Crippen LogP contribution >= 0.6 is 0 Å². The van der Waals surface area contributed by atoms with E-state index in [1.807, 2.05) is 48.2 Å². The molecule has 3 unspecified atom stereocenters. The van der Waals surface area contributed by atoms with E-state index in [1.165, 1.54) is 6.07 Å². The van der Waals surface area contributed by atoms with Gasteiger partial charge in [0.15, 0.2) is 0 Å². The molecule has 5 nitrogen and oxygen atoms in total. The summed E-state index contributed by atoms with van der Waals surface area (Å²) in [5, 5.41) is 3.26. The molecule has 3 atom stereocenters. The highest BCUT2D eigenvalue weighted by Gasteiger charge is 2.49. The number of halogens is 3. The van der Waals surface area contributed by atoms with Gasteiger partial charge in [0, 0.05) is 35.6 Å². The van der Waals surface area contributed by atoms with Crippen LogP contribution in [-0.4, -0.2) is 38.9 Å². The minimum Gasteiger partial charge on any atom is -0.365 e. The number of aryl methyl sites for hydroxylation is 1. The summed E-state index contributed by atoms with van der Waals surface area (Å²) in [7, 11) is 0. The van der Waals surface area contributed by atoms with Crippen molar-refractivity contribution in [3.05, 3.63) is 77.6 Å². The number of nitrogens with one attached hydrogen (secondary N) is 1. The Morgan fingerprint density at radius 2 is 1.91 bits per heavy atom. The Morgan fingerprint density at radius 1 is 1.06 bits per heavy atom. The van der Waals surface area contributed by atoms with Crippen LogP contribution in [0.2, 0.25) is 0 Å². The van der Waals surface area contributed by atoms with Crippen molar-refractivity contribution in [1.82, 2.24) is 14.9 Å². The van der Waals surface area contributed by atoms with Gasteiger partial charge in [0.05, 0.1) is 17.3 Å². The highest BCUT2D eigenvalue weighted by atomic mass is 19.4.